The van der Waals surface area contributed by atoms with Crippen LogP contribution >= 0.6 is 23.1 Å². The van der Waals surface area contributed by atoms with Gasteiger partial charge in [0.2, 0.25) is 5.91 Å². The third-order valence-electron chi connectivity index (χ3n) is 5.59. The number of benzene rings is 3. The molecule has 1 aromatic heterocycles. The summed E-state index contributed by atoms with van der Waals surface area (Å²) in [6, 6.07) is 21.2. The Labute approximate surface area is 239 Å². The number of nitrogens with zero attached hydrogens (tertiary/aromatic N) is 1. The third kappa shape index (κ3) is 8.11. The largest absolute Gasteiger partial charge is 0.321 e. The zero-order valence-electron chi connectivity index (χ0n) is 21.8. The van der Waals surface area contributed by atoms with Crippen molar-refractivity contribution in [1.29, 1.82) is 0 Å². The summed E-state index contributed by atoms with van der Waals surface area (Å²) in [6.07, 6.45) is 2.07. The fourth-order valence-corrected chi connectivity index (χ4v) is 5.30. The Hall–Kier alpha value is -4.28. The first-order valence-corrected chi connectivity index (χ1v) is 14.2. The molecular weight excluding hydrogens is 547 g/mol. The molecular formula is C30H27FN4O3S2. The molecule has 0 aliphatic carbocycles. The summed E-state index contributed by atoms with van der Waals surface area (Å²) in [4.78, 5) is 44.0. The Bertz CT molecular complexity index is 1520. The van der Waals surface area contributed by atoms with E-state index >= 15 is 0 Å². The van der Waals surface area contributed by atoms with Crippen LogP contribution in [0.4, 0.5) is 15.2 Å². The molecule has 0 saturated heterocycles. The second-order valence-electron chi connectivity index (χ2n) is 8.71. The van der Waals surface area contributed by atoms with Gasteiger partial charge in [0.25, 0.3) is 11.8 Å². The first-order chi connectivity index (χ1) is 19.3. The van der Waals surface area contributed by atoms with Crippen molar-refractivity contribution in [3.8, 4) is 0 Å². The topological polar surface area (TPSA) is 100 Å². The number of anilines is 2. The molecule has 7 nitrogen and oxygen atoms in total. The van der Waals surface area contributed by atoms with E-state index in [1.807, 2.05) is 25.3 Å². The van der Waals surface area contributed by atoms with Crippen molar-refractivity contribution in [2.24, 2.45) is 0 Å². The lowest BCUT2D eigenvalue weighted by Crippen LogP contribution is -2.30. The van der Waals surface area contributed by atoms with Gasteiger partial charge >= 0.3 is 0 Å². The number of hydrogen-bond acceptors (Lipinski definition) is 6. The highest BCUT2D eigenvalue weighted by atomic mass is 32.2. The zero-order chi connectivity index (χ0) is 28.5. The quantitative estimate of drug-likeness (QED) is 0.148. The van der Waals surface area contributed by atoms with Gasteiger partial charge in [-0.3, -0.25) is 14.4 Å². The summed E-state index contributed by atoms with van der Waals surface area (Å²) in [6.45, 7) is 3.79. The molecule has 0 aliphatic heterocycles. The Balaban J connectivity index is 1.49. The average molecular weight is 575 g/mol. The minimum absolute atomic E-state index is 0.0110. The van der Waals surface area contributed by atoms with Gasteiger partial charge in [-0.05, 0) is 67.4 Å². The van der Waals surface area contributed by atoms with Crippen LogP contribution in [0.25, 0.3) is 6.08 Å². The Morgan fingerprint density at radius 3 is 2.42 bits per heavy atom. The van der Waals surface area contributed by atoms with Gasteiger partial charge in [0.1, 0.15) is 11.5 Å². The van der Waals surface area contributed by atoms with E-state index in [2.05, 4.69) is 20.9 Å². The first-order valence-electron chi connectivity index (χ1n) is 12.5. The molecule has 3 amide bonds. The molecule has 0 radical (unpaired) electrons. The van der Waals surface area contributed by atoms with E-state index in [1.54, 1.807) is 48.5 Å². The van der Waals surface area contributed by atoms with Crippen molar-refractivity contribution in [2.75, 3.05) is 10.6 Å². The third-order valence-corrected chi connectivity index (χ3v) is 7.83. The Kier molecular flexibility index (Phi) is 9.82. The second kappa shape index (κ2) is 13.7. The molecule has 4 rings (SSSR count). The van der Waals surface area contributed by atoms with Crippen LogP contribution in [0.15, 0.2) is 94.8 Å². The van der Waals surface area contributed by atoms with E-state index < -0.39 is 17.6 Å². The van der Waals surface area contributed by atoms with Gasteiger partial charge in [-0.25, -0.2) is 9.37 Å². The van der Waals surface area contributed by atoms with Crippen molar-refractivity contribution in [3.05, 3.63) is 113 Å². The molecule has 204 valence electrons. The predicted molar refractivity (Wildman–Crippen MR) is 159 cm³/mol. The molecule has 0 fully saturated rings. The molecule has 0 saturated carbocycles. The number of thiazole rings is 1. The number of thioether (sulfide) groups is 1. The number of carbonyl (C=O) groups is 3. The number of amides is 3. The van der Waals surface area contributed by atoms with Crippen LogP contribution < -0.4 is 16.0 Å². The fraction of sp³-hybridized carbons (Fsp3) is 0.133. The second-order valence-corrected chi connectivity index (χ2v) is 10.8. The summed E-state index contributed by atoms with van der Waals surface area (Å²) < 4.78 is 13.4. The maximum Gasteiger partial charge on any atom is 0.272 e. The first kappa shape index (κ1) is 28.7. The number of rotatable bonds is 10. The summed E-state index contributed by atoms with van der Waals surface area (Å²) in [5, 5.41) is 10.4. The van der Waals surface area contributed by atoms with Crippen LogP contribution in [0.2, 0.25) is 0 Å². The van der Waals surface area contributed by atoms with E-state index in [0.717, 1.165) is 10.6 Å². The smallest absolute Gasteiger partial charge is 0.272 e. The van der Waals surface area contributed by atoms with Crippen molar-refractivity contribution in [1.82, 2.24) is 10.3 Å². The fourth-order valence-electron chi connectivity index (χ4n) is 3.60. The number of hydrogen-bond donors (Lipinski definition) is 3. The molecule has 40 heavy (non-hydrogen) atoms. The highest BCUT2D eigenvalue weighted by Crippen LogP contribution is 2.29. The van der Waals surface area contributed by atoms with Crippen molar-refractivity contribution in [3.63, 3.8) is 0 Å². The van der Waals surface area contributed by atoms with E-state index in [-0.39, 0.29) is 16.9 Å². The zero-order valence-corrected chi connectivity index (χ0v) is 23.4. The van der Waals surface area contributed by atoms with Gasteiger partial charge in [-0.15, -0.1) is 23.1 Å². The van der Waals surface area contributed by atoms with Crippen LogP contribution in [0.3, 0.4) is 0 Å². The minimum Gasteiger partial charge on any atom is -0.321 e. The van der Waals surface area contributed by atoms with Crippen LogP contribution in [-0.4, -0.2) is 28.0 Å². The van der Waals surface area contributed by atoms with Gasteiger partial charge in [0.05, 0.1) is 10.9 Å². The molecule has 3 N–H and O–H groups in total. The average Bonchev–Trinajstić information content (AvgIpc) is 3.37. The van der Waals surface area contributed by atoms with E-state index in [1.165, 1.54) is 53.4 Å². The maximum atomic E-state index is 13.4. The molecule has 0 spiro atoms. The maximum absolute atomic E-state index is 13.4. The van der Waals surface area contributed by atoms with Crippen LogP contribution in [-0.2, 0) is 9.59 Å². The number of halogens is 1. The minimum atomic E-state index is -0.556. The lowest BCUT2D eigenvalue weighted by atomic mass is 10.1. The Morgan fingerprint density at radius 1 is 1.00 bits per heavy atom. The van der Waals surface area contributed by atoms with Gasteiger partial charge in [0, 0.05) is 21.5 Å². The highest BCUT2D eigenvalue weighted by molar-refractivity contribution is 8.00. The van der Waals surface area contributed by atoms with Crippen LogP contribution in [0.1, 0.15) is 35.0 Å². The van der Waals surface area contributed by atoms with Crippen molar-refractivity contribution < 1.29 is 18.8 Å². The molecule has 1 heterocycles. The summed E-state index contributed by atoms with van der Waals surface area (Å²) in [7, 11) is 0. The van der Waals surface area contributed by atoms with E-state index in [9.17, 15) is 18.8 Å². The number of aromatic nitrogens is 1. The van der Waals surface area contributed by atoms with Crippen LogP contribution in [0.5, 0.6) is 0 Å². The van der Waals surface area contributed by atoms with Crippen LogP contribution in [0, 0.1) is 12.7 Å². The molecule has 0 bridgehead atoms. The highest BCUT2D eigenvalue weighted by Gasteiger charge is 2.20. The Morgan fingerprint density at radius 2 is 1.75 bits per heavy atom. The number of nitrogens with one attached hydrogen (secondary N) is 3. The molecule has 10 heteroatoms. The van der Waals surface area contributed by atoms with Gasteiger partial charge < -0.3 is 16.0 Å². The number of carbonyl (C=O) groups excluding carboxylic acids is 3. The van der Waals surface area contributed by atoms with E-state index in [4.69, 9.17) is 0 Å². The molecule has 1 atom stereocenters. The molecule has 4 aromatic rings. The van der Waals surface area contributed by atoms with Crippen molar-refractivity contribution >= 4 is 57.7 Å². The van der Waals surface area contributed by atoms with Gasteiger partial charge in [0.15, 0.2) is 5.13 Å². The standard InChI is InChI=1S/C30H27FN4O3S2/c1-3-26(29(38)35-30-32-19(2)18-39-30)40-24-11-7-10-23(17-24)33-28(37)25(16-20-12-14-22(31)15-13-20)34-27(36)21-8-5-4-6-9-21/h4-18,26H,3H2,1-2H3,(H,33,37)(H,34,36)(H,32,35,38)/b25-16-. The normalized spacial score (nSPS) is 11.9. The summed E-state index contributed by atoms with van der Waals surface area (Å²) in [5.41, 5.74) is 2.24. The predicted octanol–water partition coefficient (Wildman–Crippen LogP) is 6.51. The van der Waals surface area contributed by atoms with Gasteiger partial charge in [-0.1, -0.05) is 43.3 Å². The molecule has 1 unspecified atom stereocenters. The SMILES string of the molecule is CCC(Sc1cccc(NC(=O)/C(=C/c2ccc(F)cc2)NC(=O)c2ccccc2)c1)C(=O)Nc1nc(C)cs1. The molecule has 3 aromatic carbocycles. The lowest BCUT2D eigenvalue weighted by molar-refractivity contribution is -0.116. The molecule has 0 aliphatic rings. The lowest BCUT2D eigenvalue weighted by Gasteiger charge is -2.15. The number of aryl methyl sites for hydroxylation is 1. The summed E-state index contributed by atoms with van der Waals surface area (Å²) in [5.74, 6) is -1.57. The van der Waals surface area contributed by atoms with Crippen molar-refractivity contribution in [2.45, 2.75) is 30.4 Å². The van der Waals surface area contributed by atoms with E-state index in [0.29, 0.717) is 28.4 Å². The summed E-state index contributed by atoms with van der Waals surface area (Å²) >= 11 is 2.75. The monoisotopic (exact) mass is 574 g/mol. The van der Waals surface area contributed by atoms with Gasteiger partial charge in [-0.2, -0.15) is 0 Å².